The molecule has 1 aromatic heterocycles. The highest BCUT2D eigenvalue weighted by molar-refractivity contribution is 5.92. The van der Waals surface area contributed by atoms with Crippen molar-refractivity contribution in [1.82, 2.24) is 15.1 Å². The SMILES string of the molecule is CC(C)c1cc(C(=O)NCC2(O)CCCC2)n(C)n1. The van der Waals surface area contributed by atoms with E-state index in [2.05, 4.69) is 10.4 Å². The van der Waals surface area contributed by atoms with E-state index in [1.807, 2.05) is 19.9 Å². The number of hydrogen-bond acceptors (Lipinski definition) is 3. The molecular formula is C14H23N3O2. The van der Waals surface area contributed by atoms with Gasteiger partial charge in [-0.25, -0.2) is 0 Å². The van der Waals surface area contributed by atoms with Crippen LogP contribution in [0.3, 0.4) is 0 Å². The first-order valence-corrected chi connectivity index (χ1v) is 6.96. The van der Waals surface area contributed by atoms with Crippen molar-refractivity contribution in [3.63, 3.8) is 0 Å². The molecule has 0 unspecified atom stereocenters. The third-order valence-electron chi connectivity index (χ3n) is 3.84. The molecule has 0 saturated heterocycles. The van der Waals surface area contributed by atoms with Crippen molar-refractivity contribution in [3.05, 3.63) is 17.5 Å². The zero-order chi connectivity index (χ0) is 14.0. The Morgan fingerprint density at radius 2 is 2.16 bits per heavy atom. The fourth-order valence-electron chi connectivity index (χ4n) is 2.53. The highest BCUT2D eigenvalue weighted by Gasteiger charge is 2.31. The molecule has 0 atom stereocenters. The van der Waals surface area contributed by atoms with E-state index in [-0.39, 0.29) is 5.91 Å². The number of carbonyl (C=O) groups is 1. The molecule has 0 aromatic carbocycles. The van der Waals surface area contributed by atoms with Gasteiger partial charge >= 0.3 is 0 Å². The Labute approximate surface area is 114 Å². The lowest BCUT2D eigenvalue weighted by Crippen LogP contribution is -2.41. The van der Waals surface area contributed by atoms with Crippen molar-refractivity contribution in [3.8, 4) is 0 Å². The van der Waals surface area contributed by atoms with Crippen molar-refractivity contribution >= 4 is 5.91 Å². The summed E-state index contributed by atoms with van der Waals surface area (Å²) < 4.78 is 1.60. The second kappa shape index (κ2) is 5.33. The van der Waals surface area contributed by atoms with Gasteiger partial charge in [-0.2, -0.15) is 5.10 Å². The highest BCUT2D eigenvalue weighted by Crippen LogP contribution is 2.28. The minimum atomic E-state index is -0.713. The Morgan fingerprint density at radius 1 is 1.53 bits per heavy atom. The first kappa shape index (κ1) is 14.1. The van der Waals surface area contributed by atoms with Gasteiger partial charge in [0, 0.05) is 13.6 Å². The molecular weight excluding hydrogens is 242 g/mol. The maximum absolute atomic E-state index is 12.1. The molecule has 0 radical (unpaired) electrons. The van der Waals surface area contributed by atoms with Gasteiger partial charge in [-0.15, -0.1) is 0 Å². The Morgan fingerprint density at radius 3 is 2.68 bits per heavy atom. The minimum Gasteiger partial charge on any atom is -0.388 e. The smallest absolute Gasteiger partial charge is 0.269 e. The van der Waals surface area contributed by atoms with Crippen molar-refractivity contribution in [1.29, 1.82) is 0 Å². The molecule has 0 aliphatic heterocycles. The number of aromatic nitrogens is 2. The maximum Gasteiger partial charge on any atom is 0.269 e. The van der Waals surface area contributed by atoms with Crippen LogP contribution in [0.4, 0.5) is 0 Å². The van der Waals surface area contributed by atoms with Gasteiger partial charge in [0.15, 0.2) is 0 Å². The fourth-order valence-corrected chi connectivity index (χ4v) is 2.53. The summed E-state index contributed by atoms with van der Waals surface area (Å²) in [5.41, 5.74) is 0.743. The number of carbonyl (C=O) groups excluding carboxylic acids is 1. The largest absolute Gasteiger partial charge is 0.388 e. The molecule has 2 rings (SSSR count). The Balaban J connectivity index is 2.00. The monoisotopic (exact) mass is 265 g/mol. The van der Waals surface area contributed by atoms with Crippen LogP contribution in [0, 0.1) is 0 Å². The van der Waals surface area contributed by atoms with Crippen molar-refractivity contribution < 1.29 is 9.90 Å². The molecule has 1 heterocycles. The molecule has 1 aliphatic rings. The second-order valence-electron chi connectivity index (χ2n) is 5.85. The summed E-state index contributed by atoms with van der Waals surface area (Å²) in [6.45, 7) is 4.42. The van der Waals surface area contributed by atoms with Crippen LogP contribution >= 0.6 is 0 Å². The van der Waals surface area contributed by atoms with Crippen LogP contribution in [0.25, 0.3) is 0 Å². The predicted molar refractivity (Wildman–Crippen MR) is 73.0 cm³/mol. The summed E-state index contributed by atoms with van der Waals surface area (Å²) in [6, 6.07) is 1.82. The normalized spacial score (nSPS) is 17.9. The van der Waals surface area contributed by atoms with Gasteiger partial charge < -0.3 is 10.4 Å². The van der Waals surface area contributed by atoms with E-state index >= 15 is 0 Å². The predicted octanol–water partition coefficient (Wildman–Crippen LogP) is 1.58. The first-order chi connectivity index (χ1) is 8.91. The molecule has 1 amide bonds. The standard InChI is InChI=1S/C14H23N3O2/c1-10(2)11-8-12(17(3)16-11)13(18)15-9-14(19)6-4-5-7-14/h8,10,19H,4-7,9H2,1-3H3,(H,15,18). The van der Waals surface area contributed by atoms with Gasteiger partial charge in [0.1, 0.15) is 5.69 Å². The van der Waals surface area contributed by atoms with Gasteiger partial charge in [-0.3, -0.25) is 9.48 Å². The molecule has 5 nitrogen and oxygen atoms in total. The number of amides is 1. The Hall–Kier alpha value is -1.36. The summed E-state index contributed by atoms with van der Waals surface area (Å²) in [6.07, 6.45) is 3.62. The number of nitrogens with one attached hydrogen (secondary N) is 1. The van der Waals surface area contributed by atoms with Gasteiger partial charge in [0.2, 0.25) is 0 Å². The van der Waals surface area contributed by atoms with Crippen LogP contribution in [0.1, 0.15) is 61.6 Å². The quantitative estimate of drug-likeness (QED) is 0.868. The van der Waals surface area contributed by atoms with E-state index in [1.54, 1.807) is 11.7 Å². The lowest BCUT2D eigenvalue weighted by Gasteiger charge is -2.22. The zero-order valence-electron chi connectivity index (χ0n) is 11.9. The molecule has 0 bridgehead atoms. The van der Waals surface area contributed by atoms with Gasteiger partial charge in [0.05, 0.1) is 11.3 Å². The number of aliphatic hydroxyl groups is 1. The van der Waals surface area contributed by atoms with Crippen LogP contribution in [0.5, 0.6) is 0 Å². The average molecular weight is 265 g/mol. The van der Waals surface area contributed by atoms with E-state index in [0.29, 0.717) is 18.2 Å². The van der Waals surface area contributed by atoms with Crippen molar-refractivity contribution in [2.24, 2.45) is 7.05 Å². The van der Waals surface area contributed by atoms with Crippen LogP contribution in [-0.4, -0.2) is 32.9 Å². The number of rotatable bonds is 4. The Bertz CT molecular complexity index is 459. The summed E-state index contributed by atoms with van der Waals surface area (Å²) in [5.74, 6) is 0.133. The summed E-state index contributed by atoms with van der Waals surface area (Å²) >= 11 is 0. The Kier molecular flexibility index (Phi) is 3.94. The molecule has 5 heteroatoms. The van der Waals surface area contributed by atoms with E-state index in [4.69, 9.17) is 0 Å². The van der Waals surface area contributed by atoms with Crippen molar-refractivity contribution in [2.75, 3.05) is 6.54 Å². The molecule has 106 valence electrons. The lowest BCUT2D eigenvalue weighted by molar-refractivity contribution is 0.0447. The van der Waals surface area contributed by atoms with Gasteiger partial charge in [0.25, 0.3) is 5.91 Å². The summed E-state index contributed by atoms with van der Waals surface area (Å²) in [7, 11) is 1.77. The van der Waals surface area contributed by atoms with Crippen molar-refractivity contribution in [2.45, 2.75) is 51.0 Å². The molecule has 1 saturated carbocycles. The molecule has 1 aromatic rings. The molecule has 0 spiro atoms. The van der Waals surface area contributed by atoms with E-state index in [0.717, 1.165) is 31.4 Å². The van der Waals surface area contributed by atoms with Crippen LogP contribution in [0.2, 0.25) is 0 Å². The van der Waals surface area contributed by atoms with E-state index < -0.39 is 5.60 Å². The maximum atomic E-state index is 12.1. The number of hydrogen-bond donors (Lipinski definition) is 2. The third-order valence-corrected chi connectivity index (χ3v) is 3.84. The fraction of sp³-hybridized carbons (Fsp3) is 0.714. The number of aryl methyl sites for hydroxylation is 1. The lowest BCUT2D eigenvalue weighted by atomic mass is 10.0. The summed E-state index contributed by atoms with van der Waals surface area (Å²) in [5, 5.41) is 17.4. The first-order valence-electron chi connectivity index (χ1n) is 6.96. The summed E-state index contributed by atoms with van der Waals surface area (Å²) in [4.78, 5) is 12.1. The minimum absolute atomic E-state index is 0.165. The topological polar surface area (TPSA) is 67.2 Å². The molecule has 1 fully saturated rings. The number of nitrogens with zero attached hydrogens (tertiary/aromatic N) is 2. The average Bonchev–Trinajstić information content (AvgIpc) is 2.93. The second-order valence-corrected chi connectivity index (χ2v) is 5.85. The molecule has 19 heavy (non-hydrogen) atoms. The molecule has 2 N–H and O–H groups in total. The van der Waals surface area contributed by atoms with Gasteiger partial charge in [-0.05, 0) is 24.8 Å². The van der Waals surface area contributed by atoms with E-state index in [1.165, 1.54) is 0 Å². The van der Waals surface area contributed by atoms with Crippen LogP contribution in [-0.2, 0) is 7.05 Å². The van der Waals surface area contributed by atoms with E-state index in [9.17, 15) is 9.90 Å². The highest BCUT2D eigenvalue weighted by atomic mass is 16.3. The third kappa shape index (κ3) is 3.15. The van der Waals surface area contributed by atoms with Crippen LogP contribution < -0.4 is 5.32 Å². The van der Waals surface area contributed by atoms with Gasteiger partial charge in [-0.1, -0.05) is 26.7 Å². The zero-order valence-corrected chi connectivity index (χ0v) is 11.9. The molecule has 1 aliphatic carbocycles. The van der Waals surface area contributed by atoms with Crippen LogP contribution in [0.15, 0.2) is 6.07 Å².